The molecule has 0 saturated carbocycles. The Morgan fingerprint density at radius 3 is 2.62 bits per heavy atom. The van der Waals surface area contributed by atoms with Crippen LogP contribution in [0.15, 0.2) is 10.7 Å². The molecule has 0 spiro atoms. The molecule has 1 atom stereocenters. The molecule has 0 amide bonds. The van der Waals surface area contributed by atoms with E-state index in [4.69, 9.17) is 5.11 Å². The van der Waals surface area contributed by atoms with Crippen molar-refractivity contribution < 1.29 is 5.11 Å². The lowest BCUT2D eigenvalue weighted by atomic mass is 10.2. The van der Waals surface area contributed by atoms with Crippen LogP contribution in [0.5, 0.6) is 0 Å². The predicted molar refractivity (Wildman–Crippen MR) is 68.6 cm³/mol. The summed E-state index contributed by atoms with van der Waals surface area (Å²) in [7, 11) is 0. The van der Waals surface area contributed by atoms with Gasteiger partial charge < -0.3 is 10.4 Å². The number of nitrogens with zero attached hydrogens (tertiary/aromatic N) is 2. The number of nitrogens with one attached hydrogen (secondary N) is 1. The van der Waals surface area contributed by atoms with Gasteiger partial charge in [0.15, 0.2) is 0 Å². The molecule has 0 fully saturated rings. The van der Waals surface area contributed by atoms with Crippen molar-refractivity contribution in [1.29, 1.82) is 0 Å². The fourth-order valence-electron chi connectivity index (χ4n) is 1.29. The summed E-state index contributed by atoms with van der Waals surface area (Å²) in [5.41, 5.74) is 0. The largest absolute Gasteiger partial charge is 0.396 e. The molecule has 0 aromatic carbocycles. The number of rotatable bonds is 5. The standard InChI is InChI=1S/C11H18BrN3O/c1-7(2)11-14-9(12)6-10(15-11)13-8(3)4-5-16/h6-8,16H,4-5H2,1-3H3,(H,13,14,15). The Balaban J connectivity index is 2.80. The molecule has 0 radical (unpaired) electrons. The highest BCUT2D eigenvalue weighted by Gasteiger charge is 2.08. The normalized spacial score (nSPS) is 12.9. The molecule has 1 aromatic rings. The second-order valence-electron chi connectivity index (χ2n) is 4.15. The quantitative estimate of drug-likeness (QED) is 0.817. The van der Waals surface area contributed by atoms with E-state index in [0.29, 0.717) is 12.3 Å². The second kappa shape index (κ2) is 6.15. The van der Waals surface area contributed by atoms with Gasteiger partial charge in [0.2, 0.25) is 0 Å². The third-order valence-electron chi connectivity index (χ3n) is 2.18. The van der Waals surface area contributed by atoms with E-state index in [1.807, 2.05) is 13.0 Å². The highest BCUT2D eigenvalue weighted by Crippen LogP contribution is 2.18. The Kier molecular flexibility index (Phi) is 5.15. The fourth-order valence-corrected chi connectivity index (χ4v) is 1.68. The third kappa shape index (κ3) is 4.06. The summed E-state index contributed by atoms with van der Waals surface area (Å²) in [5, 5.41) is 12.1. The fraction of sp³-hybridized carbons (Fsp3) is 0.636. The van der Waals surface area contributed by atoms with E-state index >= 15 is 0 Å². The molecule has 5 heteroatoms. The summed E-state index contributed by atoms with van der Waals surface area (Å²) in [6.07, 6.45) is 0.707. The Bertz CT molecular complexity index is 344. The van der Waals surface area contributed by atoms with Gasteiger partial charge in [0.05, 0.1) is 0 Å². The Labute approximate surface area is 105 Å². The zero-order chi connectivity index (χ0) is 12.1. The summed E-state index contributed by atoms with van der Waals surface area (Å²) < 4.78 is 0.782. The topological polar surface area (TPSA) is 58.0 Å². The van der Waals surface area contributed by atoms with E-state index in [1.165, 1.54) is 0 Å². The number of hydrogen-bond donors (Lipinski definition) is 2. The van der Waals surface area contributed by atoms with Crippen LogP contribution in [0, 0.1) is 0 Å². The lowest BCUT2D eigenvalue weighted by Gasteiger charge is -2.14. The number of aliphatic hydroxyl groups is 1. The van der Waals surface area contributed by atoms with Gasteiger partial charge in [-0.2, -0.15) is 0 Å². The van der Waals surface area contributed by atoms with Gasteiger partial charge >= 0.3 is 0 Å². The monoisotopic (exact) mass is 287 g/mol. The van der Waals surface area contributed by atoms with Crippen molar-refractivity contribution in [3.8, 4) is 0 Å². The molecule has 0 aliphatic carbocycles. The highest BCUT2D eigenvalue weighted by molar-refractivity contribution is 9.10. The lowest BCUT2D eigenvalue weighted by molar-refractivity contribution is 0.282. The van der Waals surface area contributed by atoms with Crippen molar-refractivity contribution in [2.24, 2.45) is 0 Å². The van der Waals surface area contributed by atoms with Crippen LogP contribution in [0.25, 0.3) is 0 Å². The number of hydrogen-bond acceptors (Lipinski definition) is 4. The average Bonchev–Trinajstić information content (AvgIpc) is 2.16. The predicted octanol–water partition coefficient (Wildman–Crippen LogP) is 2.55. The minimum absolute atomic E-state index is 0.178. The van der Waals surface area contributed by atoms with Crippen molar-refractivity contribution >= 4 is 21.7 Å². The third-order valence-corrected chi connectivity index (χ3v) is 2.59. The van der Waals surface area contributed by atoms with Crippen LogP contribution < -0.4 is 5.32 Å². The molecule has 1 rings (SSSR count). The second-order valence-corrected chi connectivity index (χ2v) is 4.96. The van der Waals surface area contributed by atoms with E-state index in [9.17, 15) is 0 Å². The molecule has 16 heavy (non-hydrogen) atoms. The zero-order valence-electron chi connectivity index (χ0n) is 9.87. The first kappa shape index (κ1) is 13.4. The molecular weight excluding hydrogens is 270 g/mol. The molecule has 2 N–H and O–H groups in total. The molecule has 4 nitrogen and oxygen atoms in total. The van der Waals surface area contributed by atoms with Crippen molar-refractivity contribution in [2.75, 3.05) is 11.9 Å². The van der Waals surface area contributed by atoms with Crippen LogP contribution in [0.1, 0.15) is 38.9 Å². The lowest BCUT2D eigenvalue weighted by Crippen LogP contribution is -2.18. The summed E-state index contributed by atoms with van der Waals surface area (Å²) in [4.78, 5) is 8.72. The van der Waals surface area contributed by atoms with E-state index in [0.717, 1.165) is 16.2 Å². The van der Waals surface area contributed by atoms with Crippen molar-refractivity contribution in [2.45, 2.75) is 39.2 Å². The Hall–Kier alpha value is -0.680. The maximum atomic E-state index is 8.83. The Morgan fingerprint density at radius 2 is 2.06 bits per heavy atom. The number of aromatic nitrogens is 2. The average molecular weight is 288 g/mol. The van der Waals surface area contributed by atoms with Gasteiger partial charge in [-0.15, -0.1) is 0 Å². The maximum absolute atomic E-state index is 8.83. The van der Waals surface area contributed by atoms with Gasteiger partial charge in [-0.25, -0.2) is 9.97 Å². The van der Waals surface area contributed by atoms with Crippen molar-refractivity contribution in [1.82, 2.24) is 9.97 Å². The molecule has 0 aliphatic rings. The highest BCUT2D eigenvalue weighted by atomic mass is 79.9. The SMILES string of the molecule is CC(CCO)Nc1cc(Br)nc(C(C)C)n1. The molecular formula is C11H18BrN3O. The van der Waals surface area contributed by atoms with Gasteiger partial charge in [-0.3, -0.25) is 0 Å². The van der Waals surface area contributed by atoms with Crippen LogP contribution in [0.3, 0.4) is 0 Å². The molecule has 1 heterocycles. The number of anilines is 1. The van der Waals surface area contributed by atoms with Crippen molar-refractivity contribution in [3.63, 3.8) is 0 Å². The van der Waals surface area contributed by atoms with Gasteiger partial charge in [0, 0.05) is 24.6 Å². The summed E-state index contributed by atoms with van der Waals surface area (Å²) in [5.74, 6) is 1.91. The van der Waals surface area contributed by atoms with Gasteiger partial charge in [-0.05, 0) is 29.3 Å². The molecule has 1 aromatic heterocycles. The van der Waals surface area contributed by atoms with Gasteiger partial charge in [0.25, 0.3) is 0 Å². The van der Waals surface area contributed by atoms with Crippen LogP contribution in [-0.4, -0.2) is 27.7 Å². The van der Waals surface area contributed by atoms with Crippen LogP contribution in [0.4, 0.5) is 5.82 Å². The van der Waals surface area contributed by atoms with Gasteiger partial charge in [-0.1, -0.05) is 13.8 Å². The Morgan fingerprint density at radius 1 is 1.38 bits per heavy atom. The molecule has 1 unspecified atom stereocenters. The van der Waals surface area contributed by atoms with Gasteiger partial charge in [0.1, 0.15) is 16.2 Å². The summed E-state index contributed by atoms with van der Waals surface area (Å²) >= 11 is 3.37. The first-order chi connectivity index (χ1) is 7.52. The van der Waals surface area contributed by atoms with E-state index < -0.39 is 0 Å². The first-order valence-corrected chi connectivity index (χ1v) is 6.24. The maximum Gasteiger partial charge on any atom is 0.134 e. The molecule has 0 aliphatic heterocycles. The molecule has 90 valence electrons. The minimum Gasteiger partial charge on any atom is -0.396 e. The summed E-state index contributed by atoms with van der Waals surface area (Å²) in [6, 6.07) is 2.05. The van der Waals surface area contributed by atoms with Crippen LogP contribution in [0.2, 0.25) is 0 Å². The van der Waals surface area contributed by atoms with Crippen LogP contribution in [-0.2, 0) is 0 Å². The van der Waals surface area contributed by atoms with Crippen LogP contribution >= 0.6 is 15.9 Å². The van der Waals surface area contributed by atoms with E-state index in [-0.39, 0.29) is 12.6 Å². The summed E-state index contributed by atoms with van der Waals surface area (Å²) in [6.45, 7) is 6.31. The molecule has 0 bridgehead atoms. The van der Waals surface area contributed by atoms with E-state index in [1.54, 1.807) is 0 Å². The zero-order valence-corrected chi connectivity index (χ0v) is 11.5. The minimum atomic E-state index is 0.178. The molecule has 0 saturated heterocycles. The smallest absolute Gasteiger partial charge is 0.134 e. The van der Waals surface area contributed by atoms with Crippen molar-refractivity contribution in [3.05, 3.63) is 16.5 Å². The number of aliphatic hydroxyl groups excluding tert-OH is 1. The van der Waals surface area contributed by atoms with E-state index in [2.05, 4.69) is 45.1 Å². The number of halogens is 1. The first-order valence-electron chi connectivity index (χ1n) is 5.44.